The molecule has 3 aromatic rings. The highest BCUT2D eigenvalue weighted by Crippen LogP contribution is 2.35. The van der Waals surface area contributed by atoms with E-state index >= 15 is 0 Å². The van der Waals surface area contributed by atoms with Crippen molar-refractivity contribution in [2.75, 3.05) is 17.2 Å². The molecule has 1 aliphatic heterocycles. The predicted octanol–water partition coefficient (Wildman–Crippen LogP) is 4.08. The molecule has 0 fully saturated rings. The van der Waals surface area contributed by atoms with Crippen molar-refractivity contribution in [1.82, 2.24) is 0 Å². The Morgan fingerprint density at radius 3 is 2.58 bits per heavy atom. The Morgan fingerprint density at radius 1 is 0.968 bits per heavy atom. The van der Waals surface area contributed by atoms with Crippen molar-refractivity contribution >= 4 is 23.4 Å². The first-order valence-corrected chi connectivity index (χ1v) is 10.00. The molecule has 0 saturated carbocycles. The van der Waals surface area contributed by atoms with Crippen LogP contribution in [-0.4, -0.2) is 18.6 Å². The van der Waals surface area contributed by atoms with Crippen molar-refractivity contribution in [2.24, 2.45) is 5.73 Å². The molecule has 158 valence electrons. The van der Waals surface area contributed by atoms with E-state index in [-0.39, 0.29) is 12.5 Å². The molecule has 7 heteroatoms. The average molecular weight is 417 g/mol. The van der Waals surface area contributed by atoms with Crippen molar-refractivity contribution in [3.63, 3.8) is 0 Å². The monoisotopic (exact) mass is 417 g/mol. The van der Waals surface area contributed by atoms with E-state index in [2.05, 4.69) is 10.6 Å². The summed E-state index contributed by atoms with van der Waals surface area (Å²) in [5.41, 5.74) is 9.82. The molecule has 4 N–H and O–H groups in total. The summed E-state index contributed by atoms with van der Waals surface area (Å²) in [5.74, 6) is 0.280. The topological polar surface area (TPSA) is 103 Å². The molecular formula is C24H23N3O4. The molecule has 0 aromatic heterocycles. The van der Waals surface area contributed by atoms with E-state index < -0.39 is 6.09 Å². The summed E-state index contributed by atoms with van der Waals surface area (Å²) in [5, 5.41) is 5.58. The van der Waals surface area contributed by atoms with Gasteiger partial charge in [0.15, 0.2) is 0 Å². The van der Waals surface area contributed by atoms with Crippen LogP contribution in [0.25, 0.3) is 0 Å². The van der Waals surface area contributed by atoms with E-state index in [0.29, 0.717) is 42.3 Å². The van der Waals surface area contributed by atoms with E-state index in [4.69, 9.17) is 15.2 Å². The highest BCUT2D eigenvalue weighted by atomic mass is 16.5. The molecule has 7 nitrogen and oxygen atoms in total. The van der Waals surface area contributed by atoms with Gasteiger partial charge in [0.1, 0.15) is 12.4 Å². The van der Waals surface area contributed by atoms with Crippen LogP contribution < -0.4 is 21.1 Å². The number of hydrogen-bond donors (Lipinski definition) is 3. The Hall–Kier alpha value is -3.84. The molecule has 0 saturated heterocycles. The number of rotatable bonds is 6. The third-order valence-electron chi connectivity index (χ3n) is 4.92. The minimum absolute atomic E-state index is 0.146. The average Bonchev–Trinajstić information content (AvgIpc) is 3.27. The van der Waals surface area contributed by atoms with Gasteiger partial charge in [-0.3, -0.25) is 10.1 Å². The Bertz CT molecular complexity index is 1100. The molecule has 2 amide bonds. The summed E-state index contributed by atoms with van der Waals surface area (Å²) in [4.78, 5) is 25.2. The molecule has 0 bridgehead atoms. The Balaban J connectivity index is 1.49. The van der Waals surface area contributed by atoms with Crippen LogP contribution in [0.4, 0.5) is 16.2 Å². The van der Waals surface area contributed by atoms with Gasteiger partial charge < -0.3 is 20.5 Å². The van der Waals surface area contributed by atoms with Crippen molar-refractivity contribution < 1.29 is 19.1 Å². The van der Waals surface area contributed by atoms with Crippen molar-refractivity contribution in [3.8, 4) is 5.75 Å². The van der Waals surface area contributed by atoms with Crippen LogP contribution in [0.3, 0.4) is 0 Å². The molecule has 0 spiro atoms. The summed E-state index contributed by atoms with van der Waals surface area (Å²) in [6, 6.07) is 20.1. The molecule has 0 atom stereocenters. The number of ether oxygens (including phenoxy) is 2. The summed E-state index contributed by atoms with van der Waals surface area (Å²) in [6.07, 6.45) is 0.0436. The fraction of sp³-hybridized carbons (Fsp3) is 0.167. The van der Waals surface area contributed by atoms with Crippen LogP contribution in [0, 0.1) is 0 Å². The lowest BCUT2D eigenvalue weighted by molar-refractivity contribution is 0.102. The second kappa shape index (κ2) is 9.32. The summed E-state index contributed by atoms with van der Waals surface area (Å²) in [6.45, 7) is 1.03. The first-order chi connectivity index (χ1) is 15.1. The zero-order valence-corrected chi connectivity index (χ0v) is 16.9. The second-order valence-electron chi connectivity index (χ2n) is 7.16. The normalized spacial score (nSPS) is 11.9. The third-order valence-corrected chi connectivity index (χ3v) is 4.92. The molecular weight excluding hydrogens is 394 g/mol. The van der Waals surface area contributed by atoms with Crippen molar-refractivity contribution in [1.29, 1.82) is 0 Å². The highest BCUT2D eigenvalue weighted by molar-refractivity contribution is 6.06. The summed E-state index contributed by atoms with van der Waals surface area (Å²) >= 11 is 0. The van der Waals surface area contributed by atoms with Gasteiger partial charge in [-0.05, 0) is 35.4 Å². The number of benzene rings is 3. The van der Waals surface area contributed by atoms with Crippen LogP contribution in [-0.2, 0) is 24.3 Å². The van der Waals surface area contributed by atoms with E-state index in [1.807, 2.05) is 48.5 Å². The quantitative estimate of drug-likeness (QED) is 0.561. The molecule has 0 aliphatic carbocycles. The Morgan fingerprint density at radius 2 is 1.77 bits per heavy atom. The molecule has 0 unspecified atom stereocenters. The number of amides is 2. The van der Waals surface area contributed by atoms with Crippen LogP contribution in [0.15, 0.2) is 66.7 Å². The number of fused-ring (bicyclic) bond motifs is 1. The lowest BCUT2D eigenvalue weighted by Gasteiger charge is -2.13. The highest BCUT2D eigenvalue weighted by Gasteiger charge is 2.22. The maximum atomic E-state index is 12.8. The predicted molar refractivity (Wildman–Crippen MR) is 118 cm³/mol. The second-order valence-corrected chi connectivity index (χ2v) is 7.16. The van der Waals surface area contributed by atoms with E-state index in [1.165, 1.54) is 0 Å². The number of carbonyl (C=O) groups excluding carboxylic acids is 2. The molecule has 1 heterocycles. The first-order valence-electron chi connectivity index (χ1n) is 10.00. The molecule has 3 aromatic carbocycles. The number of carbonyl (C=O) groups is 2. The van der Waals surface area contributed by atoms with E-state index in [1.54, 1.807) is 18.2 Å². The van der Waals surface area contributed by atoms with Crippen molar-refractivity contribution in [2.45, 2.75) is 19.6 Å². The van der Waals surface area contributed by atoms with E-state index in [9.17, 15) is 9.59 Å². The van der Waals surface area contributed by atoms with Gasteiger partial charge in [0, 0.05) is 29.8 Å². The minimum Gasteiger partial charge on any atom is -0.491 e. The first kappa shape index (κ1) is 20.4. The lowest BCUT2D eigenvalue weighted by Crippen LogP contribution is -2.16. The van der Waals surface area contributed by atoms with Crippen molar-refractivity contribution in [3.05, 3.63) is 89.0 Å². The van der Waals surface area contributed by atoms with E-state index in [0.717, 1.165) is 16.7 Å². The van der Waals surface area contributed by atoms with Gasteiger partial charge in [0.25, 0.3) is 5.91 Å². The Labute approximate surface area is 180 Å². The van der Waals surface area contributed by atoms with Crippen LogP contribution in [0.5, 0.6) is 5.75 Å². The standard InChI is InChI=1S/C24H23N3O4/c25-14-17-7-4-8-20(11-17)26-23(28)19-12-18-9-10-30-22(18)21(13-19)27-24(29)31-15-16-5-2-1-3-6-16/h1-8,11-13H,9-10,14-15,25H2,(H,26,28)(H,27,29). The van der Waals surface area contributed by atoms with Crippen LogP contribution in [0.1, 0.15) is 27.0 Å². The van der Waals surface area contributed by atoms with Gasteiger partial charge in [-0.1, -0.05) is 42.5 Å². The molecule has 4 rings (SSSR count). The van der Waals surface area contributed by atoms with Gasteiger partial charge in [0.2, 0.25) is 0 Å². The minimum atomic E-state index is -0.616. The van der Waals surface area contributed by atoms with Crippen LogP contribution >= 0.6 is 0 Å². The van der Waals surface area contributed by atoms with Gasteiger partial charge in [-0.25, -0.2) is 4.79 Å². The zero-order valence-electron chi connectivity index (χ0n) is 16.9. The van der Waals surface area contributed by atoms with Gasteiger partial charge >= 0.3 is 6.09 Å². The Kier molecular flexibility index (Phi) is 6.14. The number of nitrogens with two attached hydrogens (primary N) is 1. The fourth-order valence-electron chi connectivity index (χ4n) is 3.38. The fourth-order valence-corrected chi connectivity index (χ4v) is 3.38. The summed E-state index contributed by atoms with van der Waals surface area (Å²) < 4.78 is 11.0. The lowest BCUT2D eigenvalue weighted by atomic mass is 10.1. The SMILES string of the molecule is NCc1cccc(NC(=O)c2cc3c(c(NC(=O)OCc4ccccc4)c2)OCC3)c1. The third kappa shape index (κ3) is 5.02. The summed E-state index contributed by atoms with van der Waals surface area (Å²) in [7, 11) is 0. The van der Waals surface area contributed by atoms with Gasteiger partial charge in [0.05, 0.1) is 12.3 Å². The largest absolute Gasteiger partial charge is 0.491 e. The maximum Gasteiger partial charge on any atom is 0.412 e. The number of nitrogens with one attached hydrogen (secondary N) is 2. The molecule has 0 radical (unpaired) electrons. The number of hydrogen-bond acceptors (Lipinski definition) is 5. The van der Waals surface area contributed by atoms with Gasteiger partial charge in [-0.15, -0.1) is 0 Å². The number of anilines is 2. The zero-order chi connectivity index (χ0) is 21.6. The van der Waals surface area contributed by atoms with Gasteiger partial charge in [-0.2, -0.15) is 0 Å². The molecule has 31 heavy (non-hydrogen) atoms. The molecule has 1 aliphatic rings. The smallest absolute Gasteiger partial charge is 0.412 e. The van der Waals surface area contributed by atoms with Crippen LogP contribution in [0.2, 0.25) is 0 Å². The maximum absolute atomic E-state index is 12.8.